The van der Waals surface area contributed by atoms with E-state index in [1.165, 1.54) is 0 Å². The molecule has 0 spiro atoms. The summed E-state index contributed by atoms with van der Waals surface area (Å²) in [6.45, 7) is 11.8. The highest BCUT2D eigenvalue weighted by Crippen LogP contribution is 2.18. The Morgan fingerprint density at radius 1 is 1.56 bits per heavy atom. The second kappa shape index (κ2) is 5.36. The van der Waals surface area contributed by atoms with Crippen LogP contribution in [-0.4, -0.2) is 46.3 Å². The summed E-state index contributed by atoms with van der Waals surface area (Å²) in [7, 11) is 0. The molecule has 2 atom stereocenters. The first kappa shape index (κ1) is 13.5. The number of aryl methyl sites for hydroxylation is 1. The minimum atomic E-state index is 0.233. The third-order valence-electron chi connectivity index (χ3n) is 3.96. The summed E-state index contributed by atoms with van der Waals surface area (Å²) in [5.74, 6) is 1.47. The van der Waals surface area contributed by atoms with Gasteiger partial charge in [0.15, 0.2) is 5.82 Å². The second-order valence-corrected chi connectivity index (χ2v) is 5.60. The van der Waals surface area contributed by atoms with Gasteiger partial charge in [0, 0.05) is 37.6 Å². The number of aromatic nitrogens is 2. The van der Waals surface area contributed by atoms with Crippen LogP contribution in [0.5, 0.6) is 0 Å². The number of piperazine rings is 1. The Morgan fingerprint density at radius 3 is 2.94 bits per heavy atom. The third-order valence-corrected chi connectivity index (χ3v) is 3.96. The van der Waals surface area contributed by atoms with Gasteiger partial charge in [-0.2, -0.15) is 4.98 Å². The molecule has 18 heavy (non-hydrogen) atoms. The molecule has 1 aliphatic heterocycles. The fourth-order valence-corrected chi connectivity index (χ4v) is 2.40. The fourth-order valence-electron chi connectivity index (χ4n) is 2.40. The van der Waals surface area contributed by atoms with Gasteiger partial charge in [0.1, 0.15) is 0 Å². The molecule has 5 heteroatoms. The molecule has 2 rings (SSSR count). The Balaban J connectivity index is 1.91. The Morgan fingerprint density at radius 2 is 2.33 bits per heavy atom. The van der Waals surface area contributed by atoms with Crippen LogP contribution in [0.3, 0.4) is 0 Å². The molecule has 5 nitrogen and oxygen atoms in total. The molecule has 0 aliphatic carbocycles. The van der Waals surface area contributed by atoms with Crippen molar-refractivity contribution in [1.29, 1.82) is 0 Å². The Labute approximate surface area is 109 Å². The van der Waals surface area contributed by atoms with Crippen molar-refractivity contribution in [3.63, 3.8) is 0 Å². The molecule has 102 valence electrons. The zero-order valence-electron chi connectivity index (χ0n) is 11.9. The molecule has 2 unspecified atom stereocenters. The van der Waals surface area contributed by atoms with E-state index in [4.69, 9.17) is 4.52 Å². The van der Waals surface area contributed by atoms with E-state index in [-0.39, 0.29) is 5.54 Å². The molecule has 2 heterocycles. The number of nitrogens with one attached hydrogen (secondary N) is 1. The lowest BCUT2D eigenvalue weighted by molar-refractivity contribution is 0.0921. The van der Waals surface area contributed by atoms with Gasteiger partial charge in [-0.1, -0.05) is 12.1 Å². The molecule has 1 saturated heterocycles. The normalized spacial score (nSPS) is 29.7. The highest BCUT2D eigenvalue weighted by atomic mass is 16.5. The molecule has 0 bridgehead atoms. The molecular weight excluding hydrogens is 228 g/mol. The van der Waals surface area contributed by atoms with Gasteiger partial charge in [0.2, 0.25) is 5.89 Å². The van der Waals surface area contributed by atoms with Crippen molar-refractivity contribution in [2.75, 3.05) is 19.6 Å². The van der Waals surface area contributed by atoms with Crippen LogP contribution in [0.4, 0.5) is 0 Å². The Kier molecular flexibility index (Phi) is 4.02. The van der Waals surface area contributed by atoms with Crippen LogP contribution in [0.2, 0.25) is 0 Å². The predicted octanol–water partition coefficient (Wildman–Crippen LogP) is 1.38. The first-order chi connectivity index (χ1) is 8.52. The van der Waals surface area contributed by atoms with Crippen molar-refractivity contribution in [1.82, 2.24) is 20.4 Å². The predicted molar refractivity (Wildman–Crippen MR) is 70.5 cm³/mol. The zero-order chi connectivity index (χ0) is 13.2. The standard InChI is InChI=1S/C13H24N4O/c1-5-13(4)9-17(10(2)8-14-13)7-6-12-15-11(3)16-18-12/h10,14H,5-9H2,1-4H3. The molecule has 0 amide bonds. The van der Waals surface area contributed by atoms with Crippen molar-refractivity contribution in [3.8, 4) is 0 Å². The lowest BCUT2D eigenvalue weighted by atomic mass is 9.94. The van der Waals surface area contributed by atoms with E-state index in [1.807, 2.05) is 6.92 Å². The van der Waals surface area contributed by atoms with Gasteiger partial charge < -0.3 is 9.84 Å². The summed E-state index contributed by atoms with van der Waals surface area (Å²) in [5, 5.41) is 7.46. The highest BCUT2D eigenvalue weighted by Gasteiger charge is 2.32. The first-order valence-electron chi connectivity index (χ1n) is 6.81. The van der Waals surface area contributed by atoms with E-state index in [9.17, 15) is 0 Å². The minimum absolute atomic E-state index is 0.233. The van der Waals surface area contributed by atoms with E-state index in [0.717, 1.165) is 44.2 Å². The number of rotatable bonds is 4. The van der Waals surface area contributed by atoms with Gasteiger partial charge >= 0.3 is 0 Å². The molecule has 0 saturated carbocycles. The lowest BCUT2D eigenvalue weighted by Gasteiger charge is -2.44. The average Bonchev–Trinajstić information content (AvgIpc) is 2.77. The van der Waals surface area contributed by atoms with Crippen LogP contribution in [0, 0.1) is 6.92 Å². The zero-order valence-corrected chi connectivity index (χ0v) is 11.9. The van der Waals surface area contributed by atoms with Crippen molar-refractivity contribution in [3.05, 3.63) is 11.7 Å². The van der Waals surface area contributed by atoms with Gasteiger partial charge in [-0.25, -0.2) is 0 Å². The second-order valence-electron chi connectivity index (χ2n) is 5.60. The Bertz CT molecular complexity index is 392. The summed E-state index contributed by atoms with van der Waals surface area (Å²) in [5.41, 5.74) is 0.233. The maximum atomic E-state index is 5.17. The van der Waals surface area contributed by atoms with Crippen molar-refractivity contribution in [2.24, 2.45) is 0 Å². The van der Waals surface area contributed by atoms with E-state index in [1.54, 1.807) is 0 Å². The highest BCUT2D eigenvalue weighted by molar-refractivity contribution is 4.94. The molecule has 0 aromatic carbocycles. The Hall–Kier alpha value is -0.940. The van der Waals surface area contributed by atoms with E-state index in [0.29, 0.717) is 6.04 Å². The van der Waals surface area contributed by atoms with Crippen LogP contribution in [0.1, 0.15) is 38.9 Å². The van der Waals surface area contributed by atoms with Crippen LogP contribution >= 0.6 is 0 Å². The van der Waals surface area contributed by atoms with Crippen LogP contribution in [0.15, 0.2) is 4.52 Å². The van der Waals surface area contributed by atoms with Crippen molar-refractivity contribution >= 4 is 0 Å². The van der Waals surface area contributed by atoms with Crippen LogP contribution < -0.4 is 5.32 Å². The minimum Gasteiger partial charge on any atom is -0.339 e. The number of hydrogen-bond acceptors (Lipinski definition) is 5. The molecule has 1 fully saturated rings. The van der Waals surface area contributed by atoms with E-state index in [2.05, 4.69) is 41.1 Å². The average molecular weight is 252 g/mol. The van der Waals surface area contributed by atoms with E-state index >= 15 is 0 Å². The van der Waals surface area contributed by atoms with Gasteiger partial charge in [0.25, 0.3) is 0 Å². The van der Waals surface area contributed by atoms with Gasteiger partial charge in [0.05, 0.1) is 0 Å². The monoisotopic (exact) mass is 252 g/mol. The van der Waals surface area contributed by atoms with Gasteiger partial charge in [-0.3, -0.25) is 4.90 Å². The quantitative estimate of drug-likeness (QED) is 0.877. The summed E-state index contributed by atoms with van der Waals surface area (Å²) in [4.78, 5) is 6.77. The third kappa shape index (κ3) is 3.09. The van der Waals surface area contributed by atoms with Crippen molar-refractivity contribution in [2.45, 2.75) is 52.1 Å². The summed E-state index contributed by atoms with van der Waals surface area (Å²) in [6.07, 6.45) is 1.99. The first-order valence-corrected chi connectivity index (χ1v) is 6.81. The molecular formula is C13H24N4O. The molecule has 1 aromatic heterocycles. The smallest absolute Gasteiger partial charge is 0.227 e. The summed E-state index contributed by atoms with van der Waals surface area (Å²) < 4.78 is 5.17. The SMILES string of the molecule is CCC1(C)CN(CCc2nc(C)no2)C(C)CN1. The van der Waals surface area contributed by atoms with E-state index < -0.39 is 0 Å². The van der Waals surface area contributed by atoms with Crippen molar-refractivity contribution < 1.29 is 4.52 Å². The maximum absolute atomic E-state index is 5.17. The summed E-state index contributed by atoms with van der Waals surface area (Å²) >= 11 is 0. The van der Waals surface area contributed by atoms with Crippen LogP contribution in [0.25, 0.3) is 0 Å². The molecule has 1 N–H and O–H groups in total. The van der Waals surface area contributed by atoms with Crippen LogP contribution in [-0.2, 0) is 6.42 Å². The largest absolute Gasteiger partial charge is 0.339 e. The fraction of sp³-hybridized carbons (Fsp3) is 0.846. The lowest BCUT2D eigenvalue weighted by Crippen LogP contribution is -2.62. The van der Waals surface area contributed by atoms with Gasteiger partial charge in [-0.05, 0) is 27.2 Å². The molecule has 0 radical (unpaired) electrons. The van der Waals surface area contributed by atoms with Gasteiger partial charge in [-0.15, -0.1) is 0 Å². The maximum Gasteiger partial charge on any atom is 0.227 e. The topological polar surface area (TPSA) is 54.2 Å². The molecule has 1 aliphatic rings. The number of nitrogens with zero attached hydrogens (tertiary/aromatic N) is 3. The summed E-state index contributed by atoms with van der Waals surface area (Å²) in [6, 6.07) is 0.564. The number of hydrogen-bond donors (Lipinski definition) is 1. The molecule has 1 aromatic rings.